The highest BCUT2D eigenvalue weighted by Crippen LogP contribution is 2.45. The molecule has 15 heavy (non-hydrogen) atoms. The lowest BCUT2D eigenvalue weighted by Crippen LogP contribution is -2.33. The van der Waals surface area contributed by atoms with E-state index in [1.165, 1.54) is 25.3 Å². The molecule has 2 rings (SSSR count). The molecule has 0 aliphatic heterocycles. The lowest BCUT2D eigenvalue weighted by molar-refractivity contribution is 0.206. The summed E-state index contributed by atoms with van der Waals surface area (Å²) in [6.45, 7) is 0. The van der Waals surface area contributed by atoms with Gasteiger partial charge in [0.15, 0.2) is 0 Å². The van der Waals surface area contributed by atoms with Crippen LogP contribution in [0.5, 0.6) is 0 Å². The molecular weight excluding hydrogens is 275 g/mol. The van der Waals surface area contributed by atoms with Crippen LogP contribution in [0, 0.1) is 11.2 Å². The minimum Gasteiger partial charge on any atom is -0.207 e. The van der Waals surface area contributed by atoms with Crippen molar-refractivity contribution in [3.05, 3.63) is 30.1 Å². The van der Waals surface area contributed by atoms with Crippen molar-refractivity contribution in [1.29, 1.82) is 0 Å². The van der Waals surface area contributed by atoms with Crippen molar-refractivity contribution < 1.29 is 4.39 Å². The summed E-state index contributed by atoms with van der Waals surface area (Å²) >= 11 is 5.36. The maximum absolute atomic E-state index is 12.9. The van der Waals surface area contributed by atoms with Crippen LogP contribution in [0.15, 0.2) is 29.2 Å². The molecule has 0 amide bonds. The Labute approximate surface area is 103 Å². The highest BCUT2D eigenvalue weighted by Gasteiger charge is 2.35. The third-order valence-corrected chi connectivity index (χ3v) is 5.57. The Bertz CT molecular complexity index is 331. The first kappa shape index (κ1) is 11.5. The lowest BCUT2D eigenvalue weighted by Gasteiger charge is -2.40. The van der Waals surface area contributed by atoms with Gasteiger partial charge in [-0.2, -0.15) is 0 Å². The largest absolute Gasteiger partial charge is 0.207 e. The Morgan fingerprint density at radius 1 is 1.40 bits per heavy atom. The first-order valence-corrected chi connectivity index (χ1v) is 7.29. The average molecular weight is 289 g/mol. The number of hydrogen-bond donors (Lipinski definition) is 0. The van der Waals surface area contributed by atoms with E-state index in [2.05, 4.69) is 15.9 Å². The van der Waals surface area contributed by atoms with Crippen molar-refractivity contribution in [3.8, 4) is 0 Å². The first-order chi connectivity index (χ1) is 7.24. The van der Waals surface area contributed by atoms with Gasteiger partial charge in [0.25, 0.3) is 0 Å². The molecule has 0 aromatic heterocycles. The minimum absolute atomic E-state index is 0.137. The molecule has 3 heteroatoms. The van der Waals surface area contributed by atoms with Gasteiger partial charge in [0.2, 0.25) is 0 Å². The molecule has 1 fully saturated rings. The molecule has 0 atom stereocenters. The Hall–Kier alpha value is -0.0200. The summed E-state index contributed by atoms with van der Waals surface area (Å²) in [5, 5.41) is 1.07. The van der Waals surface area contributed by atoms with E-state index < -0.39 is 0 Å². The van der Waals surface area contributed by atoms with Crippen molar-refractivity contribution in [1.82, 2.24) is 0 Å². The fraction of sp³-hybridized carbons (Fsp3) is 0.500. The SMILES string of the molecule is Fc1cccc(SCC2(CBr)CCC2)c1. The molecule has 1 saturated carbocycles. The molecule has 0 unspecified atom stereocenters. The van der Waals surface area contributed by atoms with E-state index in [0.29, 0.717) is 5.41 Å². The maximum Gasteiger partial charge on any atom is 0.124 e. The molecule has 1 aromatic carbocycles. The third kappa shape index (κ3) is 2.76. The molecule has 0 N–H and O–H groups in total. The molecule has 0 bridgehead atoms. The molecule has 0 saturated heterocycles. The molecule has 0 spiro atoms. The van der Waals surface area contributed by atoms with Gasteiger partial charge in [-0.1, -0.05) is 28.4 Å². The number of benzene rings is 1. The molecule has 0 heterocycles. The monoisotopic (exact) mass is 288 g/mol. The van der Waals surface area contributed by atoms with Crippen molar-refractivity contribution in [2.75, 3.05) is 11.1 Å². The number of rotatable bonds is 4. The van der Waals surface area contributed by atoms with Gasteiger partial charge in [-0.15, -0.1) is 11.8 Å². The predicted octanol–water partition coefficient (Wildman–Crippen LogP) is 4.48. The number of hydrogen-bond acceptors (Lipinski definition) is 1. The topological polar surface area (TPSA) is 0 Å². The van der Waals surface area contributed by atoms with Gasteiger partial charge in [0, 0.05) is 16.0 Å². The van der Waals surface area contributed by atoms with Crippen LogP contribution in [0.3, 0.4) is 0 Å². The van der Waals surface area contributed by atoms with E-state index in [0.717, 1.165) is 16.0 Å². The zero-order valence-electron chi connectivity index (χ0n) is 8.51. The van der Waals surface area contributed by atoms with Crippen LogP contribution in [-0.4, -0.2) is 11.1 Å². The van der Waals surface area contributed by atoms with Gasteiger partial charge >= 0.3 is 0 Å². The van der Waals surface area contributed by atoms with E-state index in [1.807, 2.05) is 6.07 Å². The molecule has 1 aliphatic rings. The zero-order valence-corrected chi connectivity index (χ0v) is 10.9. The second kappa shape index (κ2) is 4.88. The molecule has 0 radical (unpaired) electrons. The van der Waals surface area contributed by atoms with Gasteiger partial charge in [0.1, 0.15) is 5.82 Å². The number of alkyl halides is 1. The second-order valence-electron chi connectivity index (χ2n) is 4.23. The summed E-state index contributed by atoms with van der Waals surface area (Å²) in [4.78, 5) is 1.04. The van der Waals surface area contributed by atoms with Crippen LogP contribution in [0.25, 0.3) is 0 Å². The number of halogens is 2. The van der Waals surface area contributed by atoms with Crippen LogP contribution >= 0.6 is 27.7 Å². The van der Waals surface area contributed by atoms with Crippen LogP contribution in [-0.2, 0) is 0 Å². The zero-order chi connectivity index (χ0) is 10.7. The van der Waals surface area contributed by atoms with E-state index in [4.69, 9.17) is 0 Å². The summed E-state index contributed by atoms with van der Waals surface area (Å²) < 4.78 is 12.9. The highest BCUT2D eigenvalue weighted by atomic mass is 79.9. The standard InChI is InChI=1S/C12H14BrFS/c13-8-12(5-2-6-12)9-15-11-4-1-3-10(14)7-11/h1,3-4,7H,2,5-6,8-9H2. The quantitative estimate of drug-likeness (QED) is 0.581. The fourth-order valence-corrected chi connectivity index (χ4v) is 4.04. The highest BCUT2D eigenvalue weighted by molar-refractivity contribution is 9.09. The predicted molar refractivity (Wildman–Crippen MR) is 67.2 cm³/mol. The van der Waals surface area contributed by atoms with E-state index in [1.54, 1.807) is 23.9 Å². The van der Waals surface area contributed by atoms with E-state index in [9.17, 15) is 4.39 Å². The fourth-order valence-electron chi connectivity index (χ4n) is 1.79. The maximum atomic E-state index is 12.9. The van der Waals surface area contributed by atoms with Crippen molar-refractivity contribution in [2.45, 2.75) is 24.2 Å². The Kier molecular flexibility index (Phi) is 3.73. The smallest absolute Gasteiger partial charge is 0.124 e. The normalized spacial score (nSPS) is 18.5. The van der Waals surface area contributed by atoms with Gasteiger partial charge in [-0.3, -0.25) is 0 Å². The lowest BCUT2D eigenvalue weighted by atomic mass is 9.72. The van der Waals surface area contributed by atoms with Crippen LogP contribution in [0.2, 0.25) is 0 Å². The van der Waals surface area contributed by atoms with Crippen molar-refractivity contribution in [2.24, 2.45) is 5.41 Å². The summed E-state index contributed by atoms with van der Waals surface area (Å²) in [6, 6.07) is 6.87. The Morgan fingerprint density at radius 2 is 2.20 bits per heavy atom. The van der Waals surface area contributed by atoms with Crippen molar-refractivity contribution in [3.63, 3.8) is 0 Å². The first-order valence-electron chi connectivity index (χ1n) is 5.18. The molecule has 1 aromatic rings. The van der Waals surface area contributed by atoms with E-state index >= 15 is 0 Å². The van der Waals surface area contributed by atoms with Crippen molar-refractivity contribution >= 4 is 27.7 Å². The summed E-state index contributed by atoms with van der Waals surface area (Å²) in [6.07, 6.45) is 3.95. The summed E-state index contributed by atoms with van der Waals surface area (Å²) in [5.41, 5.74) is 0.469. The summed E-state index contributed by atoms with van der Waals surface area (Å²) in [7, 11) is 0. The number of thioether (sulfide) groups is 1. The van der Waals surface area contributed by atoms with Gasteiger partial charge in [-0.25, -0.2) is 4.39 Å². The van der Waals surface area contributed by atoms with E-state index in [-0.39, 0.29) is 5.82 Å². The summed E-state index contributed by atoms with van der Waals surface area (Å²) in [5.74, 6) is 0.961. The Balaban J connectivity index is 1.92. The molecule has 1 aliphatic carbocycles. The average Bonchev–Trinajstić information content (AvgIpc) is 2.17. The third-order valence-electron chi connectivity index (χ3n) is 3.04. The molecule has 0 nitrogen and oxygen atoms in total. The van der Waals surface area contributed by atoms with Gasteiger partial charge in [0.05, 0.1) is 0 Å². The molecule has 82 valence electrons. The molecular formula is C12H14BrFS. The van der Waals surface area contributed by atoms with Crippen LogP contribution in [0.4, 0.5) is 4.39 Å². The van der Waals surface area contributed by atoms with Crippen LogP contribution < -0.4 is 0 Å². The van der Waals surface area contributed by atoms with Gasteiger partial charge < -0.3 is 0 Å². The second-order valence-corrected chi connectivity index (χ2v) is 5.84. The Morgan fingerprint density at radius 3 is 2.73 bits per heavy atom. The van der Waals surface area contributed by atoms with Crippen LogP contribution in [0.1, 0.15) is 19.3 Å². The van der Waals surface area contributed by atoms with Gasteiger partial charge in [-0.05, 0) is 36.5 Å². The minimum atomic E-state index is -0.137.